The highest BCUT2D eigenvalue weighted by atomic mass is 32.2. The number of benzene rings is 1. The molecule has 2 aliphatic rings. The summed E-state index contributed by atoms with van der Waals surface area (Å²) in [4.78, 5) is 12.1. The average Bonchev–Trinajstić information content (AvgIpc) is 2.94. The summed E-state index contributed by atoms with van der Waals surface area (Å²) >= 11 is -1.11. The van der Waals surface area contributed by atoms with Crippen molar-refractivity contribution in [3.63, 3.8) is 0 Å². The average molecular weight is 448 g/mol. The standard InChI is InChI=1S/C26H41NO3S/c1-18-9-8-10-20-21(18)17-26(23(20)27-31(29)25(5,6)7)15-13-19(14-16-26)11-12-22(28)30-24(2,3)4/h8-10,19,23,27H,11-17H2,1-7H3/t19?,23-,26?,31?/m0/s1. The third-order valence-corrected chi connectivity index (χ3v) is 8.52. The number of fused-ring (bicyclic) bond motifs is 1. The van der Waals surface area contributed by atoms with E-state index in [9.17, 15) is 9.35 Å². The fourth-order valence-electron chi connectivity index (χ4n) is 5.21. The maximum absolute atomic E-state index is 13.0. The van der Waals surface area contributed by atoms with E-state index in [1.807, 2.05) is 41.5 Å². The lowest BCUT2D eigenvalue weighted by molar-refractivity contribution is -0.155. The molecule has 0 aliphatic heterocycles. The number of hydrogen-bond acceptors (Lipinski definition) is 4. The van der Waals surface area contributed by atoms with Crippen LogP contribution in [0, 0.1) is 18.3 Å². The predicted molar refractivity (Wildman–Crippen MR) is 128 cm³/mol. The molecule has 3 rings (SSSR count). The fourth-order valence-corrected chi connectivity index (χ4v) is 6.16. The molecule has 0 bridgehead atoms. The number of ether oxygens (including phenoxy) is 1. The topological polar surface area (TPSA) is 61.4 Å². The van der Waals surface area contributed by atoms with Gasteiger partial charge in [0.1, 0.15) is 10.3 Å². The second kappa shape index (κ2) is 9.07. The first-order chi connectivity index (χ1) is 14.3. The molecule has 0 heterocycles. The minimum Gasteiger partial charge on any atom is -0.598 e. The van der Waals surface area contributed by atoms with Crippen molar-refractivity contribution in [1.82, 2.24) is 4.72 Å². The monoisotopic (exact) mass is 447 g/mol. The SMILES string of the molecule is Cc1cccc2c1CC1(CCC(CCC(=O)OC(C)(C)C)CC1)[C@H]2N[S+]([O-])C(C)(C)C. The summed E-state index contributed by atoms with van der Waals surface area (Å²) in [7, 11) is 0. The van der Waals surface area contributed by atoms with E-state index in [0.29, 0.717) is 12.3 Å². The summed E-state index contributed by atoms with van der Waals surface area (Å²) in [5.74, 6) is 0.480. The first-order valence-corrected chi connectivity index (χ1v) is 12.9. The van der Waals surface area contributed by atoms with E-state index in [1.165, 1.54) is 16.7 Å². The van der Waals surface area contributed by atoms with Crippen molar-refractivity contribution in [2.24, 2.45) is 11.3 Å². The molecule has 1 aromatic rings. The molecule has 1 unspecified atom stereocenters. The second-order valence-corrected chi connectivity index (χ2v) is 13.7. The molecule has 0 saturated heterocycles. The molecule has 1 saturated carbocycles. The van der Waals surface area contributed by atoms with Crippen LogP contribution in [0.25, 0.3) is 0 Å². The van der Waals surface area contributed by atoms with Gasteiger partial charge in [0, 0.05) is 17.8 Å². The normalized spacial score (nSPS) is 27.2. The van der Waals surface area contributed by atoms with Crippen LogP contribution in [-0.2, 0) is 27.3 Å². The van der Waals surface area contributed by atoms with Gasteiger partial charge in [-0.2, -0.15) is 0 Å². The number of rotatable bonds is 5. The molecule has 2 atom stereocenters. The molecule has 1 spiro atoms. The highest BCUT2D eigenvalue weighted by Crippen LogP contribution is 2.56. The molecule has 1 N–H and O–H groups in total. The number of esters is 1. The van der Waals surface area contributed by atoms with Gasteiger partial charge in [0.2, 0.25) is 0 Å². The summed E-state index contributed by atoms with van der Waals surface area (Å²) in [5, 5.41) is 0. The number of hydrogen-bond donors (Lipinski definition) is 1. The van der Waals surface area contributed by atoms with Gasteiger partial charge in [0.15, 0.2) is 0 Å². The van der Waals surface area contributed by atoms with Crippen LogP contribution in [0.5, 0.6) is 0 Å². The van der Waals surface area contributed by atoms with E-state index in [0.717, 1.165) is 38.5 Å². The Labute approximate surface area is 192 Å². The molecular formula is C26H41NO3S. The lowest BCUT2D eigenvalue weighted by Crippen LogP contribution is -2.46. The summed E-state index contributed by atoms with van der Waals surface area (Å²) in [5.41, 5.74) is 3.83. The van der Waals surface area contributed by atoms with Crippen molar-refractivity contribution in [3.8, 4) is 0 Å². The molecule has 174 valence electrons. The van der Waals surface area contributed by atoms with Gasteiger partial charge >= 0.3 is 5.97 Å². The van der Waals surface area contributed by atoms with E-state index < -0.39 is 17.0 Å². The molecule has 5 heteroatoms. The minimum atomic E-state index is -1.11. The Morgan fingerprint density at radius 2 is 1.84 bits per heavy atom. The van der Waals surface area contributed by atoms with Crippen LogP contribution in [0.4, 0.5) is 0 Å². The number of carbonyl (C=O) groups is 1. The van der Waals surface area contributed by atoms with Crippen LogP contribution in [0.2, 0.25) is 0 Å². The van der Waals surface area contributed by atoms with Gasteiger partial charge in [-0.25, -0.2) is 0 Å². The molecule has 1 fully saturated rings. The maximum Gasteiger partial charge on any atom is 0.306 e. The summed E-state index contributed by atoms with van der Waals surface area (Å²) in [6.07, 6.45) is 6.93. The quantitative estimate of drug-likeness (QED) is 0.448. The first kappa shape index (κ1) is 24.6. The zero-order valence-corrected chi connectivity index (χ0v) is 21.3. The minimum absolute atomic E-state index is 0.0863. The summed E-state index contributed by atoms with van der Waals surface area (Å²) < 4.78 is 21.8. The third-order valence-electron chi connectivity index (χ3n) is 6.96. The molecule has 0 aromatic heterocycles. The Kier molecular flexibility index (Phi) is 7.20. The Bertz CT molecular complexity index is 785. The van der Waals surface area contributed by atoms with Crippen molar-refractivity contribution >= 4 is 17.3 Å². The zero-order valence-electron chi connectivity index (χ0n) is 20.5. The lowest BCUT2D eigenvalue weighted by Gasteiger charge is -2.42. The van der Waals surface area contributed by atoms with Gasteiger partial charge in [-0.15, -0.1) is 4.72 Å². The van der Waals surface area contributed by atoms with Gasteiger partial charge in [-0.05, 0) is 115 Å². The Morgan fingerprint density at radius 1 is 1.19 bits per heavy atom. The lowest BCUT2D eigenvalue weighted by atomic mass is 9.66. The van der Waals surface area contributed by atoms with Crippen LogP contribution in [0.1, 0.15) is 103 Å². The molecule has 2 aliphatic carbocycles. The highest BCUT2D eigenvalue weighted by Gasteiger charge is 2.50. The smallest absolute Gasteiger partial charge is 0.306 e. The number of nitrogens with one attached hydrogen (secondary N) is 1. The van der Waals surface area contributed by atoms with Gasteiger partial charge in [-0.3, -0.25) is 4.79 Å². The summed E-state index contributed by atoms with van der Waals surface area (Å²) in [6.45, 7) is 14.0. The second-order valence-electron chi connectivity index (χ2n) is 11.7. The van der Waals surface area contributed by atoms with Crippen LogP contribution >= 0.6 is 0 Å². The Hall–Kier alpha value is -1.04. The van der Waals surface area contributed by atoms with Gasteiger partial charge in [0.25, 0.3) is 0 Å². The van der Waals surface area contributed by atoms with Crippen molar-refractivity contribution in [2.75, 3.05) is 0 Å². The van der Waals surface area contributed by atoms with Crippen molar-refractivity contribution < 1.29 is 14.1 Å². The predicted octanol–water partition coefficient (Wildman–Crippen LogP) is 5.94. The summed E-state index contributed by atoms with van der Waals surface area (Å²) in [6, 6.07) is 6.69. The van der Waals surface area contributed by atoms with E-state index >= 15 is 0 Å². The third kappa shape index (κ3) is 5.85. The maximum atomic E-state index is 13.0. The first-order valence-electron chi connectivity index (χ1n) is 11.8. The molecule has 1 aromatic carbocycles. The van der Waals surface area contributed by atoms with Crippen molar-refractivity contribution in [3.05, 3.63) is 34.9 Å². The Morgan fingerprint density at radius 3 is 2.42 bits per heavy atom. The van der Waals surface area contributed by atoms with E-state index in [-0.39, 0.29) is 22.2 Å². The van der Waals surface area contributed by atoms with E-state index in [1.54, 1.807) is 0 Å². The van der Waals surface area contributed by atoms with E-state index in [4.69, 9.17) is 4.74 Å². The number of carbonyl (C=O) groups excluding carboxylic acids is 1. The van der Waals surface area contributed by atoms with Crippen LogP contribution in [-0.4, -0.2) is 20.9 Å². The molecule has 4 nitrogen and oxygen atoms in total. The van der Waals surface area contributed by atoms with Gasteiger partial charge in [0.05, 0.1) is 6.04 Å². The zero-order chi connectivity index (χ0) is 23.0. The molecular weight excluding hydrogens is 406 g/mol. The number of aryl methyl sites for hydroxylation is 1. The fraction of sp³-hybridized carbons (Fsp3) is 0.731. The van der Waals surface area contributed by atoms with Crippen molar-refractivity contribution in [1.29, 1.82) is 0 Å². The van der Waals surface area contributed by atoms with Crippen LogP contribution in [0.15, 0.2) is 18.2 Å². The van der Waals surface area contributed by atoms with Gasteiger partial charge in [-0.1, -0.05) is 18.2 Å². The van der Waals surface area contributed by atoms with Crippen LogP contribution < -0.4 is 4.72 Å². The van der Waals surface area contributed by atoms with E-state index in [2.05, 4.69) is 29.8 Å². The largest absolute Gasteiger partial charge is 0.598 e. The Balaban J connectivity index is 1.69. The molecule has 0 amide bonds. The molecule has 31 heavy (non-hydrogen) atoms. The highest BCUT2D eigenvalue weighted by molar-refractivity contribution is 7.90. The molecule has 0 radical (unpaired) electrons. The van der Waals surface area contributed by atoms with Crippen LogP contribution in [0.3, 0.4) is 0 Å². The van der Waals surface area contributed by atoms with Gasteiger partial charge < -0.3 is 9.29 Å². The van der Waals surface area contributed by atoms with Crippen molar-refractivity contribution in [2.45, 2.75) is 110 Å².